The molecule has 2 aromatic heterocycles. The Balaban J connectivity index is 1.26. The number of anilines is 1. The molecule has 6 nitrogen and oxygen atoms in total. The zero-order chi connectivity index (χ0) is 27.6. The number of hydrogen-bond donors (Lipinski definition) is 2. The topological polar surface area (TPSA) is 70.4 Å². The fourth-order valence-corrected chi connectivity index (χ4v) is 5.65. The van der Waals surface area contributed by atoms with Crippen molar-refractivity contribution in [3.63, 3.8) is 0 Å². The van der Waals surface area contributed by atoms with Gasteiger partial charge in [-0.25, -0.2) is 0 Å². The highest BCUT2D eigenvalue weighted by Crippen LogP contribution is 2.41. The minimum absolute atomic E-state index is 0.0892. The molecule has 0 aliphatic carbocycles. The molecule has 0 radical (unpaired) electrons. The number of hydrogen-bond acceptors (Lipinski definition) is 4. The molecule has 6 rings (SSSR count). The average Bonchev–Trinajstić information content (AvgIpc) is 3.58. The Morgan fingerprint density at radius 3 is 2.70 bits per heavy atom. The second-order valence-electron chi connectivity index (χ2n) is 9.81. The third kappa shape index (κ3) is 5.18. The lowest BCUT2D eigenvalue weighted by molar-refractivity contribution is -0.116. The van der Waals surface area contributed by atoms with Crippen molar-refractivity contribution in [2.45, 2.75) is 25.4 Å². The molecule has 1 aliphatic heterocycles. The summed E-state index contributed by atoms with van der Waals surface area (Å²) in [4.78, 5) is 19.7. The van der Waals surface area contributed by atoms with Crippen LogP contribution in [0.5, 0.6) is 0 Å². The molecular formula is C32H27ClN4O2S. The van der Waals surface area contributed by atoms with E-state index in [1.165, 1.54) is 0 Å². The molecule has 1 saturated heterocycles. The average molecular weight is 567 g/mol. The number of nitrogens with one attached hydrogen (secondary N) is 2. The summed E-state index contributed by atoms with van der Waals surface area (Å²) in [5.41, 5.74) is 3.53. The number of pyridine rings is 1. The van der Waals surface area contributed by atoms with E-state index in [4.69, 9.17) is 28.2 Å². The number of aromatic nitrogens is 1. The van der Waals surface area contributed by atoms with Crippen LogP contribution in [0.1, 0.15) is 35.5 Å². The first kappa shape index (κ1) is 26.0. The van der Waals surface area contributed by atoms with Crippen LogP contribution in [-0.4, -0.2) is 27.4 Å². The summed E-state index contributed by atoms with van der Waals surface area (Å²) in [5.74, 6) is 1.35. The summed E-state index contributed by atoms with van der Waals surface area (Å²) in [6.45, 7) is 2.37. The number of furan rings is 1. The minimum Gasteiger partial charge on any atom is -0.459 e. The van der Waals surface area contributed by atoms with Crippen LogP contribution in [0, 0.1) is 6.92 Å². The van der Waals surface area contributed by atoms with Crippen LogP contribution >= 0.6 is 23.8 Å². The Bertz CT molecular complexity index is 1700. The maximum Gasteiger partial charge on any atom is 0.226 e. The molecule has 5 aromatic rings. The largest absolute Gasteiger partial charge is 0.459 e. The number of rotatable bonds is 7. The maximum absolute atomic E-state index is 13.1. The predicted molar refractivity (Wildman–Crippen MR) is 163 cm³/mol. The van der Waals surface area contributed by atoms with Gasteiger partial charge in [-0.3, -0.25) is 9.78 Å². The van der Waals surface area contributed by atoms with Crippen molar-refractivity contribution >= 4 is 51.3 Å². The Labute approximate surface area is 243 Å². The lowest BCUT2D eigenvalue weighted by Gasteiger charge is -2.26. The smallest absolute Gasteiger partial charge is 0.226 e. The van der Waals surface area contributed by atoms with Crippen molar-refractivity contribution in [1.82, 2.24) is 15.2 Å². The van der Waals surface area contributed by atoms with Gasteiger partial charge in [0, 0.05) is 40.8 Å². The summed E-state index contributed by atoms with van der Waals surface area (Å²) in [7, 11) is 0. The summed E-state index contributed by atoms with van der Waals surface area (Å²) < 4.78 is 6.40. The van der Waals surface area contributed by atoms with Crippen LogP contribution in [0.15, 0.2) is 102 Å². The number of benzene rings is 3. The number of fused-ring (bicyclic) bond motifs is 1. The van der Waals surface area contributed by atoms with Gasteiger partial charge >= 0.3 is 0 Å². The molecular weight excluding hydrogens is 540 g/mol. The molecule has 2 atom stereocenters. The van der Waals surface area contributed by atoms with E-state index in [0.717, 1.165) is 39.0 Å². The minimum atomic E-state index is -0.289. The van der Waals surface area contributed by atoms with Crippen molar-refractivity contribution in [2.75, 3.05) is 11.9 Å². The van der Waals surface area contributed by atoms with Gasteiger partial charge in [-0.15, -0.1) is 0 Å². The van der Waals surface area contributed by atoms with Crippen molar-refractivity contribution in [3.8, 4) is 11.3 Å². The number of carbonyl (C=O) groups excluding carboxylic acids is 1. The summed E-state index contributed by atoms with van der Waals surface area (Å²) in [6.07, 6.45) is 2.01. The van der Waals surface area contributed by atoms with E-state index in [-0.39, 0.29) is 24.4 Å². The third-order valence-electron chi connectivity index (χ3n) is 7.22. The Kier molecular flexibility index (Phi) is 7.24. The van der Waals surface area contributed by atoms with E-state index in [0.29, 0.717) is 22.4 Å². The summed E-state index contributed by atoms with van der Waals surface area (Å²) >= 11 is 12.1. The van der Waals surface area contributed by atoms with Crippen LogP contribution in [0.2, 0.25) is 5.02 Å². The molecule has 0 unspecified atom stereocenters. The van der Waals surface area contributed by atoms with Gasteiger partial charge in [0.25, 0.3) is 0 Å². The second-order valence-corrected chi connectivity index (χ2v) is 10.6. The Morgan fingerprint density at radius 2 is 1.88 bits per heavy atom. The molecule has 1 amide bonds. The van der Waals surface area contributed by atoms with Gasteiger partial charge in [0.15, 0.2) is 5.11 Å². The SMILES string of the molecule is Cc1ccc(-c2ccc([C@H]3[C@H](c4ccccn4)NC(=S)N3CCC(=O)Nc3cccc4ccccc34)o2)cc1Cl. The van der Waals surface area contributed by atoms with Gasteiger partial charge in [0.05, 0.1) is 11.7 Å². The van der Waals surface area contributed by atoms with Crippen molar-refractivity contribution < 1.29 is 9.21 Å². The lowest BCUT2D eigenvalue weighted by Crippen LogP contribution is -2.32. The molecule has 1 aliphatic rings. The zero-order valence-electron chi connectivity index (χ0n) is 21.8. The molecule has 1 fully saturated rings. The van der Waals surface area contributed by atoms with E-state index < -0.39 is 0 Å². The fraction of sp³-hybridized carbons (Fsp3) is 0.156. The van der Waals surface area contributed by atoms with Gasteiger partial charge in [0.1, 0.15) is 17.6 Å². The first-order valence-electron chi connectivity index (χ1n) is 13.1. The van der Waals surface area contributed by atoms with Crippen molar-refractivity contribution in [2.24, 2.45) is 0 Å². The normalized spacial score (nSPS) is 16.8. The van der Waals surface area contributed by atoms with Gasteiger partial charge < -0.3 is 20.0 Å². The zero-order valence-corrected chi connectivity index (χ0v) is 23.4. The standard InChI is InChI=1S/C32H27ClN4O2S/c1-20-12-13-22(19-24(20)33)27-14-15-28(39-27)31-30(26-10-4-5-17-34-26)36-32(40)37(31)18-16-29(38)35-25-11-6-8-21-7-2-3-9-23(21)25/h2-15,17,19,30-31H,16,18H2,1H3,(H,35,38)(H,36,40)/t30-,31-/m0/s1. The third-order valence-corrected chi connectivity index (χ3v) is 7.98. The highest BCUT2D eigenvalue weighted by molar-refractivity contribution is 7.80. The van der Waals surface area contributed by atoms with Crippen LogP contribution in [-0.2, 0) is 4.79 Å². The molecule has 0 saturated carbocycles. The van der Waals surface area contributed by atoms with Crippen LogP contribution in [0.4, 0.5) is 5.69 Å². The van der Waals surface area contributed by atoms with Crippen LogP contribution in [0.3, 0.4) is 0 Å². The monoisotopic (exact) mass is 566 g/mol. The number of carbonyl (C=O) groups is 1. The van der Waals surface area contributed by atoms with E-state index in [9.17, 15) is 4.79 Å². The lowest BCUT2D eigenvalue weighted by atomic mass is 10.0. The quantitative estimate of drug-likeness (QED) is 0.199. The van der Waals surface area contributed by atoms with Gasteiger partial charge in [-0.2, -0.15) is 0 Å². The number of halogens is 1. The molecule has 200 valence electrons. The predicted octanol–water partition coefficient (Wildman–Crippen LogP) is 7.46. The number of amides is 1. The van der Waals surface area contributed by atoms with Gasteiger partial charge in [-0.1, -0.05) is 66.2 Å². The molecule has 40 heavy (non-hydrogen) atoms. The van der Waals surface area contributed by atoms with E-state index >= 15 is 0 Å². The molecule has 0 spiro atoms. The highest BCUT2D eigenvalue weighted by Gasteiger charge is 2.41. The number of thiocarbonyl (C=S) groups is 1. The van der Waals surface area contributed by atoms with E-state index in [2.05, 4.69) is 15.6 Å². The molecule has 0 bridgehead atoms. The van der Waals surface area contributed by atoms with E-state index in [1.54, 1.807) is 6.20 Å². The fourth-order valence-electron chi connectivity index (χ4n) is 5.14. The molecule has 3 heterocycles. The first-order chi connectivity index (χ1) is 19.5. The molecule has 2 N–H and O–H groups in total. The first-order valence-corrected chi connectivity index (χ1v) is 13.9. The highest BCUT2D eigenvalue weighted by atomic mass is 35.5. The maximum atomic E-state index is 13.1. The molecule has 3 aromatic carbocycles. The summed E-state index contributed by atoms with van der Waals surface area (Å²) in [6, 6.07) is 28.9. The number of aryl methyl sites for hydroxylation is 1. The summed E-state index contributed by atoms with van der Waals surface area (Å²) in [5, 5.41) is 9.81. The van der Waals surface area contributed by atoms with Crippen LogP contribution in [0.25, 0.3) is 22.1 Å². The Morgan fingerprint density at radius 1 is 1.05 bits per heavy atom. The Hall–Kier alpha value is -4.20. The van der Waals surface area contributed by atoms with Gasteiger partial charge in [-0.05, 0) is 66.5 Å². The molecule has 8 heteroatoms. The van der Waals surface area contributed by atoms with Crippen molar-refractivity contribution in [1.29, 1.82) is 0 Å². The van der Waals surface area contributed by atoms with Gasteiger partial charge in [0.2, 0.25) is 5.91 Å². The van der Waals surface area contributed by atoms with E-state index in [1.807, 2.05) is 103 Å². The number of nitrogens with zero attached hydrogens (tertiary/aromatic N) is 2. The second kappa shape index (κ2) is 11.1. The van der Waals surface area contributed by atoms with Crippen molar-refractivity contribution in [3.05, 3.63) is 119 Å². The van der Waals surface area contributed by atoms with Crippen LogP contribution < -0.4 is 10.6 Å².